The molecule has 1 aromatic heterocycles. The molecule has 0 bridgehead atoms. The molecule has 0 saturated carbocycles. The second kappa shape index (κ2) is 3.40. The summed E-state index contributed by atoms with van der Waals surface area (Å²) in [5, 5.41) is 22.8. The van der Waals surface area contributed by atoms with E-state index in [9.17, 15) is 5.11 Å². The van der Waals surface area contributed by atoms with Crippen LogP contribution in [0.4, 0.5) is 0 Å². The first kappa shape index (κ1) is 8.09. The summed E-state index contributed by atoms with van der Waals surface area (Å²) in [7, 11) is 3.45. The van der Waals surface area contributed by atoms with Crippen LogP contribution in [0.25, 0.3) is 0 Å². The van der Waals surface area contributed by atoms with Gasteiger partial charge in [0.05, 0.1) is 0 Å². The normalized spacial score (nSPS) is 13.4. The molecule has 6 heteroatoms. The first-order valence-electron chi connectivity index (χ1n) is 3.30. The Balaban J connectivity index is 2.67. The zero-order valence-electron chi connectivity index (χ0n) is 6.52. The summed E-state index contributed by atoms with van der Waals surface area (Å²) in [5.41, 5.74) is 0. The van der Waals surface area contributed by atoms with Gasteiger partial charge in [-0.25, -0.2) is 4.68 Å². The number of tetrazole rings is 1. The highest BCUT2D eigenvalue weighted by Gasteiger charge is 2.12. The SMILES string of the molecule is CNCC(O)c1nnnn1C. The lowest BCUT2D eigenvalue weighted by molar-refractivity contribution is 0.163. The van der Waals surface area contributed by atoms with Crippen LogP contribution in [-0.2, 0) is 7.05 Å². The maximum absolute atomic E-state index is 9.36. The minimum atomic E-state index is -0.639. The molecule has 0 amide bonds. The van der Waals surface area contributed by atoms with E-state index in [4.69, 9.17) is 0 Å². The smallest absolute Gasteiger partial charge is 0.181 e. The summed E-state index contributed by atoms with van der Waals surface area (Å²) in [4.78, 5) is 0. The maximum atomic E-state index is 9.36. The van der Waals surface area contributed by atoms with Crippen molar-refractivity contribution in [1.29, 1.82) is 0 Å². The number of nitrogens with zero attached hydrogens (tertiary/aromatic N) is 4. The van der Waals surface area contributed by atoms with E-state index in [2.05, 4.69) is 20.8 Å². The summed E-state index contributed by atoms with van der Waals surface area (Å²) < 4.78 is 1.45. The Morgan fingerprint density at radius 1 is 1.73 bits per heavy atom. The molecule has 1 aromatic rings. The van der Waals surface area contributed by atoms with Crippen LogP contribution >= 0.6 is 0 Å². The zero-order valence-corrected chi connectivity index (χ0v) is 6.52. The Bertz CT molecular complexity index is 222. The molecule has 0 spiro atoms. The third-order valence-corrected chi connectivity index (χ3v) is 1.35. The van der Waals surface area contributed by atoms with Gasteiger partial charge in [-0.2, -0.15) is 0 Å². The molecule has 0 aliphatic heterocycles. The number of aliphatic hydroxyl groups is 1. The van der Waals surface area contributed by atoms with E-state index >= 15 is 0 Å². The highest BCUT2D eigenvalue weighted by Crippen LogP contribution is 2.03. The van der Waals surface area contributed by atoms with Crippen molar-refractivity contribution in [2.24, 2.45) is 7.05 Å². The average molecular weight is 157 g/mol. The van der Waals surface area contributed by atoms with Crippen molar-refractivity contribution in [2.45, 2.75) is 6.10 Å². The lowest BCUT2D eigenvalue weighted by Gasteiger charge is -2.06. The first-order chi connectivity index (χ1) is 5.25. The molecule has 6 nitrogen and oxygen atoms in total. The van der Waals surface area contributed by atoms with Gasteiger partial charge in [-0.05, 0) is 17.5 Å². The Labute approximate surface area is 64.2 Å². The summed E-state index contributed by atoms with van der Waals surface area (Å²) in [6.45, 7) is 0.453. The molecule has 1 rings (SSSR count). The lowest BCUT2D eigenvalue weighted by atomic mass is 10.3. The van der Waals surface area contributed by atoms with E-state index in [1.807, 2.05) is 0 Å². The largest absolute Gasteiger partial charge is 0.384 e. The van der Waals surface area contributed by atoms with Crippen molar-refractivity contribution in [3.05, 3.63) is 5.82 Å². The number of aryl methyl sites for hydroxylation is 1. The van der Waals surface area contributed by atoms with Gasteiger partial charge in [0.2, 0.25) is 0 Å². The van der Waals surface area contributed by atoms with Gasteiger partial charge in [-0.1, -0.05) is 0 Å². The van der Waals surface area contributed by atoms with Crippen molar-refractivity contribution in [1.82, 2.24) is 25.5 Å². The Morgan fingerprint density at radius 3 is 2.91 bits per heavy atom. The van der Waals surface area contributed by atoms with Gasteiger partial charge in [0.25, 0.3) is 0 Å². The number of nitrogens with one attached hydrogen (secondary N) is 1. The minimum absolute atomic E-state index is 0.453. The highest BCUT2D eigenvalue weighted by atomic mass is 16.3. The van der Waals surface area contributed by atoms with E-state index in [1.54, 1.807) is 14.1 Å². The summed E-state index contributed by atoms with van der Waals surface area (Å²) in [5.74, 6) is 0.472. The summed E-state index contributed by atoms with van der Waals surface area (Å²) >= 11 is 0. The lowest BCUT2D eigenvalue weighted by Crippen LogP contribution is -2.19. The fourth-order valence-corrected chi connectivity index (χ4v) is 0.803. The fraction of sp³-hybridized carbons (Fsp3) is 0.800. The molecule has 0 fully saturated rings. The molecular weight excluding hydrogens is 146 g/mol. The topological polar surface area (TPSA) is 75.9 Å². The Morgan fingerprint density at radius 2 is 2.45 bits per heavy atom. The third kappa shape index (κ3) is 1.72. The fourth-order valence-electron chi connectivity index (χ4n) is 0.803. The van der Waals surface area contributed by atoms with Crippen molar-refractivity contribution in [3.63, 3.8) is 0 Å². The highest BCUT2D eigenvalue weighted by molar-refractivity contribution is 4.86. The number of likely N-dealkylation sites (N-methyl/N-ethyl adjacent to an activating group) is 1. The van der Waals surface area contributed by atoms with Crippen molar-refractivity contribution >= 4 is 0 Å². The molecule has 2 N–H and O–H groups in total. The van der Waals surface area contributed by atoms with Crippen LogP contribution in [0.15, 0.2) is 0 Å². The van der Waals surface area contributed by atoms with Crippen molar-refractivity contribution < 1.29 is 5.11 Å². The van der Waals surface area contributed by atoms with Gasteiger partial charge in [0.15, 0.2) is 5.82 Å². The molecule has 0 aliphatic carbocycles. The molecule has 62 valence electrons. The molecule has 0 radical (unpaired) electrons. The Kier molecular flexibility index (Phi) is 2.50. The number of aromatic nitrogens is 4. The quantitative estimate of drug-likeness (QED) is 0.556. The van der Waals surface area contributed by atoms with Crippen LogP contribution in [0.1, 0.15) is 11.9 Å². The number of hydrogen-bond donors (Lipinski definition) is 2. The van der Waals surface area contributed by atoms with Crippen molar-refractivity contribution in [2.75, 3.05) is 13.6 Å². The molecule has 0 aliphatic rings. The molecule has 1 heterocycles. The van der Waals surface area contributed by atoms with Crippen LogP contribution in [0.5, 0.6) is 0 Å². The van der Waals surface area contributed by atoms with Gasteiger partial charge in [-0.15, -0.1) is 5.10 Å². The predicted octanol–water partition coefficient (Wildman–Crippen LogP) is -1.54. The third-order valence-electron chi connectivity index (χ3n) is 1.35. The van der Waals surface area contributed by atoms with E-state index in [0.29, 0.717) is 12.4 Å². The monoisotopic (exact) mass is 157 g/mol. The molecule has 1 unspecified atom stereocenters. The Hall–Kier alpha value is -1.01. The second-order valence-electron chi connectivity index (χ2n) is 2.23. The van der Waals surface area contributed by atoms with Gasteiger partial charge in [0, 0.05) is 13.6 Å². The number of hydrogen-bond acceptors (Lipinski definition) is 5. The van der Waals surface area contributed by atoms with Crippen LogP contribution in [-0.4, -0.2) is 38.9 Å². The van der Waals surface area contributed by atoms with Gasteiger partial charge in [0.1, 0.15) is 6.10 Å². The van der Waals surface area contributed by atoms with Crippen molar-refractivity contribution in [3.8, 4) is 0 Å². The average Bonchev–Trinajstić information content (AvgIpc) is 2.36. The van der Waals surface area contributed by atoms with E-state index < -0.39 is 6.10 Å². The predicted molar refractivity (Wildman–Crippen MR) is 37.7 cm³/mol. The van der Waals surface area contributed by atoms with Crippen LogP contribution in [0, 0.1) is 0 Å². The van der Waals surface area contributed by atoms with E-state index in [0.717, 1.165) is 0 Å². The van der Waals surface area contributed by atoms with Crippen LogP contribution in [0.2, 0.25) is 0 Å². The molecule has 1 atom stereocenters. The van der Waals surface area contributed by atoms with E-state index in [-0.39, 0.29) is 0 Å². The van der Waals surface area contributed by atoms with Gasteiger partial charge >= 0.3 is 0 Å². The van der Waals surface area contributed by atoms with E-state index in [1.165, 1.54) is 4.68 Å². The molecular formula is C5H11N5O. The van der Waals surface area contributed by atoms with Gasteiger partial charge < -0.3 is 10.4 Å². The van der Waals surface area contributed by atoms with Gasteiger partial charge in [-0.3, -0.25) is 0 Å². The number of aliphatic hydroxyl groups excluding tert-OH is 1. The second-order valence-corrected chi connectivity index (χ2v) is 2.23. The maximum Gasteiger partial charge on any atom is 0.181 e. The zero-order chi connectivity index (χ0) is 8.27. The molecule has 0 aromatic carbocycles. The first-order valence-corrected chi connectivity index (χ1v) is 3.30. The molecule has 0 saturated heterocycles. The minimum Gasteiger partial charge on any atom is -0.384 e. The number of rotatable bonds is 3. The summed E-state index contributed by atoms with van der Waals surface area (Å²) in [6, 6.07) is 0. The van der Waals surface area contributed by atoms with Crippen LogP contribution in [0.3, 0.4) is 0 Å². The van der Waals surface area contributed by atoms with Crippen LogP contribution < -0.4 is 5.32 Å². The summed E-state index contributed by atoms with van der Waals surface area (Å²) in [6.07, 6.45) is -0.639. The standard InChI is InChI=1S/C5H11N5O/c1-6-3-4(11)5-7-8-9-10(5)2/h4,6,11H,3H2,1-2H3. The molecule has 11 heavy (non-hydrogen) atoms.